The van der Waals surface area contributed by atoms with Gasteiger partial charge in [0.2, 0.25) is 0 Å². The molecule has 0 aromatic rings. The minimum Gasteiger partial charge on any atom is -0.300 e. The fourth-order valence-corrected chi connectivity index (χ4v) is 10.4. The Morgan fingerprint density at radius 3 is 2.52 bits per heavy atom. The second-order valence-corrected chi connectivity index (χ2v) is 14.2. The molecule has 1 nitrogen and oxygen atoms in total. The number of Topliss-reactive ketones (excluding diaryl/α,β-unsaturated/α-hetero) is 1. The van der Waals surface area contributed by atoms with Crippen LogP contribution in [0.4, 0.5) is 0 Å². The molecule has 0 aliphatic heterocycles. The third-order valence-electron chi connectivity index (χ3n) is 13.1. The summed E-state index contributed by atoms with van der Waals surface area (Å²) in [6, 6.07) is 0. The van der Waals surface area contributed by atoms with Crippen molar-refractivity contribution in [3.63, 3.8) is 0 Å². The molecule has 0 amide bonds. The summed E-state index contributed by atoms with van der Waals surface area (Å²) in [6.07, 6.45) is 15.7. The fraction of sp³-hybridized carbons (Fsp3) is 0.900. The zero-order chi connectivity index (χ0) is 22.4. The van der Waals surface area contributed by atoms with Crippen LogP contribution in [0.2, 0.25) is 0 Å². The van der Waals surface area contributed by atoms with E-state index in [1.165, 1.54) is 69.8 Å². The van der Waals surface area contributed by atoms with Crippen LogP contribution in [0.3, 0.4) is 0 Å². The van der Waals surface area contributed by atoms with Crippen LogP contribution in [0.5, 0.6) is 0 Å². The van der Waals surface area contributed by atoms with Gasteiger partial charge in [-0.15, -0.1) is 0 Å². The Hall–Kier alpha value is -0.590. The SMILES string of the molecule is C=C(C)C(C)(C)CC[C@@H](C)[C@H]1CC[C@@]2(C)[C@@H]3CCC4CC(=O)CC[C@@]45C[C@@]35CC[C@]12C. The van der Waals surface area contributed by atoms with Crippen LogP contribution in [0.25, 0.3) is 0 Å². The van der Waals surface area contributed by atoms with Crippen LogP contribution < -0.4 is 0 Å². The Kier molecular flexibility index (Phi) is 4.82. The van der Waals surface area contributed by atoms with Gasteiger partial charge in [0.1, 0.15) is 5.78 Å². The Balaban J connectivity index is 1.36. The lowest BCUT2D eigenvalue weighted by molar-refractivity contribution is -0.139. The lowest BCUT2D eigenvalue weighted by Crippen LogP contribution is -2.54. The van der Waals surface area contributed by atoms with Crippen LogP contribution in [-0.2, 0) is 4.79 Å². The maximum absolute atomic E-state index is 12.2. The summed E-state index contributed by atoms with van der Waals surface area (Å²) < 4.78 is 0. The highest BCUT2D eigenvalue weighted by Gasteiger charge is 2.80. The molecule has 5 aliphatic carbocycles. The zero-order valence-corrected chi connectivity index (χ0v) is 21.4. The molecule has 0 saturated heterocycles. The molecule has 0 bridgehead atoms. The normalized spacial score (nSPS) is 49.5. The van der Waals surface area contributed by atoms with E-state index < -0.39 is 0 Å². The topological polar surface area (TPSA) is 17.1 Å². The molecular formula is C30H48O. The molecule has 1 heteroatoms. The average Bonchev–Trinajstić information content (AvgIpc) is 3.29. The lowest BCUT2D eigenvalue weighted by Gasteiger charge is -2.61. The number of allylic oxidation sites excluding steroid dienone is 1. The second kappa shape index (κ2) is 6.73. The molecule has 8 atom stereocenters. The van der Waals surface area contributed by atoms with E-state index in [2.05, 4.69) is 48.1 Å². The van der Waals surface area contributed by atoms with E-state index >= 15 is 0 Å². The molecule has 0 aromatic heterocycles. The van der Waals surface area contributed by atoms with Crippen LogP contribution in [0, 0.1) is 50.7 Å². The Bertz CT molecular complexity index is 792. The summed E-state index contributed by atoms with van der Waals surface area (Å²) in [5.74, 6) is 3.92. The molecule has 5 saturated carbocycles. The summed E-state index contributed by atoms with van der Waals surface area (Å²) >= 11 is 0. The van der Waals surface area contributed by atoms with Gasteiger partial charge >= 0.3 is 0 Å². The van der Waals surface area contributed by atoms with E-state index in [0.717, 1.165) is 36.5 Å². The number of rotatable bonds is 5. The van der Waals surface area contributed by atoms with Crippen molar-refractivity contribution >= 4 is 5.78 Å². The quantitative estimate of drug-likeness (QED) is 0.405. The second-order valence-electron chi connectivity index (χ2n) is 14.2. The fourth-order valence-electron chi connectivity index (χ4n) is 10.4. The summed E-state index contributed by atoms with van der Waals surface area (Å²) in [5, 5.41) is 0. The van der Waals surface area contributed by atoms with Gasteiger partial charge in [0, 0.05) is 12.8 Å². The van der Waals surface area contributed by atoms with E-state index in [9.17, 15) is 4.79 Å². The first kappa shape index (κ1) is 22.2. The zero-order valence-electron chi connectivity index (χ0n) is 21.4. The molecular weight excluding hydrogens is 376 g/mol. The molecule has 1 unspecified atom stereocenters. The number of ketones is 1. The van der Waals surface area contributed by atoms with Gasteiger partial charge in [0.25, 0.3) is 0 Å². The molecule has 2 spiro atoms. The first-order valence-electron chi connectivity index (χ1n) is 13.6. The molecule has 0 radical (unpaired) electrons. The van der Waals surface area contributed by atoms with Crippen molar-refractivity contribution in [3.05, 3.63) is 12.2 Å². The maximum Gasteiger partial charge on any atom is 0.133 e. The van der Waals surface area contributed by atoms with Gasteiger partial charge in [0.15, 0.2) is 0 Å². The Morgan fingerprint density at radius 1 is 1.06 bits per heavy atom. The highest BCUT2D eigenvalue weighted by molar-refractivity contribution is 5.80. The van der Waals surface area contributed by atoms with Crippen LogP contribution in [-0.4, -0.2) is 5.78 Å². The number of hydrogen-bond donors (Lipinski definition) is 0. The van der Waals surface area contributed by atoms with Gasteiger partial charge in [-0.05, 0) is 122 Å². The van der Waals surface area contributed by atoms with E-state index in [1.54, 1.807) is 0 Å². The number of fused-ring (bicyclic) bond motifs is 2. The van der Waals surface area contributed by atoms with Gasteiger partial charge in [0.05, 0.1) is 0 Å². The molecule has 5 rings (SSSR count). The van der Waals surface area contributed by atoms with E-state index in [0.29, 0.717) is 27.4 Å². The molecule has 174 valence electrons. The number of carbonyl (C=O) groups excluding carboxylic acids is 1. The van der Waals surface area contributed by atoms with Crippen molar-refractivity contribution in [2.24, 2.45) is 50.7 Å². The highest BCUT2D eigenvalue weighted by Crippen LogP contribution is 2.87. The van der Waals surface area contributed by atoms with Crippen molar-refractivity contribution in [1.82, 2.24) is 0 Å². The van der Waals surface area contributed by atoms with Gasteiger partial charge < -0.3 is 0 Å². The smallest absolute Gasteiger partial charge is 0.133 e. The highest BCUT2D eigenvalue weighted by atomic mass is 16.1. The summed E-state index contributed by atoms with van der Waals surface area (Å²) in [6.45, 7) is 19.2. The number of carbonyl (C=O) groups is 1. The average molecular weight is 425 g/mol. The van der Waals surface area contributed by atoms with Gasteiger partial charge in [-0.2, -0.15) is 0 Å². The molecule has 0 heterocycles. The maximum atomic E-state index is 12.2. The molecule has 31 heavy (non-hydrogen) atoms. The predicted molar refractivity (Wildman–Crippen MR) is 130 cm³/mol. The van der Waals surface area contributed by atoms with E-state index in [4.69, 9.17) is 0 Å². The van der Waals surface area contributed by atoms with E-state index in [-0.39, 0.29) is 5.41 Å². The molecule has 5 aliphatic rings. The van der Waals surface area contributed by atoms with Crippen molar-refractivity contribution in [3.8, 4) is 0 Å². The van der Waals surface area contributed by atoms with E-state index in [1.807, 2.05) is 0 Å². The molecule has 5 fully saturated rings. The van der Waals surface area contributed by atoms with Crippen molar-refractivity contribution in [2.75, 3.05) is 0 Å². The molecule has 0 N–H and O–H groups in total. The lowest BCUT2D eigenvalue weighted by atomic mass is 9.43. The summed E-state index contributed by atoms with van der Waals surface area (Å²) in [4.78, 5) is 12.2. The first-order valence-corrected chi connectivity index (χ1v) is 13.6. The third kappa shape index (κ3) is 2.76. The van der Waals surface area contributed by atoms with Crippen molar-refractivity contribution in [2.45, 2.75) is 119 Å². The van der Waals surface area contributed by atoms with Gasteiger partial charge in [-0.3, -0.25) is 4.79 Å². The Labute approximate surface area is 192 Å². The van der Waals surface area contributed by atoms with Gasteiger partial charge in [-0.25, -0.2) is 0 Å². The first-order chi connectivity index (χ1) is 14.4. The minimum absolute atomic E-state index is 0.269. The summed E-state index contributed by atoms with van der Waals surface area (Å²) in [5.41, 5.74) is 3.82. The minimum atomic E-state index is 0.269. The molecule has 0 aromatic carbocycles. The largest absolute Gasteiger partial charge is 0.300 e. The Morgan fingerprint density at radius 2 is 1.81 bits per heavy atom. The van der Waals surface area contributed by atoms with Crippen molar-refractivity contribution < 1.29 is 4.79 Å². The van der Waals surface area contributed by atoms with Crippen LogP contribution >= 0.6 is 0 Å². The third-order valence-corrected chi connectivity index (χ3v) is 13.1. The standard InChI is InChI=1S/C30H48O/c1-20(2)26(4,5)13-10-21(3)24-12-14-28(7)25-9-8-22-18-23(31)11-15-29(22)19-30(25,29)17-16-27(24,28)6/h21-22,24-25H,1,8-19H2,2-7H3/t21-,22?,24-,25+,27-,28+,29-,30+/m1/s1. The van der Waals surface area contributed by atoms with Gasteiger partial charge in [-0.1, -0.05) is 46.8 Å². The monoisotopic (exact) mass is 424 g/mol. The van der Waals surface area contributed by atoms with Crippen LogP contribution in [0.15, 0.2) is 12.2 Å². The van der Waals surface area contributed by atoms with Crippen LogP contribution in [0.1, 0.15) is 119 Å². The van der Waals surface area contributed by atoms with Crippen molar-refractivity contribution in [1.29, 1.82) is 0 Å². The number of hydrogen-bond acceptors (Lipinski definition) is 1. The predicted octanol–water partition coefficient (Wildman–Crippen LogP) is 8.38. The summed E-state index contributed by atoms with van der Waals surface area (Å²) in [7, 11) is 0.